The van der Waals surface area contributed by atoms with Crippen LogP contribution in [0.2, 0.25) is 0 Å². The Labute approximate surface area is 101 Å². The van der Waals surface area contributed by atoms with E-state index < -0.39 is 0 Å². The van der Waals surface area contributed by atoms with Crippen molar-refractivity contribution in [3.8, 4) is 0 Å². The predicted octanol–water partition coefficient (Wildman–Crippen LogP) is 2.87. The van der Waals surface area contributed by atoms with Gasteiger partial charge in [0.05, 0.1) is 0 Å². The van der Waals surface area contributed by atoms with Crippen molar-refractivity contribution in [2.24, 2.45) is 0 Å². The molecule has 3 nitrogen and oxygen atoms in total. The lowest BCUT2D eigenvalue weighted by atomic mass is 10.0. The quantitative estimate of drug-likeness (QED) is 0.754. The zero-order valence-corrected chi connectivity index (χ0v) is 10.1. The van der Waals surface area contributed by atoms with Gasteiger partial charge in [0, 0.05) is 18.9 Å². The molecule has 17 heavy (non-hydrogen) atoms. The lowest BCUT2D eigenvalue weighted by Gasteiger charge is -2.08. The summed E-state index contributed by atoms with van der Waals surface area (Å²) in [5.74, 6) is 1.01. The second-order valence-electron chi connectivity index (χ2n) is 4.43. The maximum absolute atomic E-state index is 10.7. The molecule has 0 spiro atoms. The van der Waals surface area contributed by atoms with E-state index in [0.29, 0.717) is 18.3 Å². The van der Waals surface area contributed by atoms with Crippen molar-refractivity contribution in [2.45, 2.75) is 26.3 Å². The first-order chi connectivity index (χ1) is 8.20. The molecule has 0 bridgehead atoms. The highest BCUT2D eigenvalue weighted by Crippen LogP contribution is 2.15. The lowest BCUT2D eigenvalue weighted by molar-refractivity contribution is 0.111. The third-order valence-corrected chi connectivity index (χ3v) is 2.85. The van der Waals surface area contributed by atoms with Crippen molar-refractivity contribution in [2.75, 3.05) is 0 Å². The highest BCUT2D eigenvalue weighted by atomic mass is 16.1. The van der Waals surface area contributed by atoms with Gasteiger partial charge < -0.3 is 4.57 Å². The van der Waals surface area contributed by atoms with Gasteiger partial charge in [-0.25, -0.2) is 4.98 Å². The molecule has 0 aliphatic heterocycles. The Kier molecular flexibility index (Phi) is 3.38. The fraction of sp³-hybridized carbons (Fsp3) is 0.286. The Morgan fingerprint density at radius 2 is 2.00 bits per heavy atom. The van der Waals surface area contributed by atoms with Crippen LogP contribution in [0.5, 0.6) is 0 Å². The summed E-state index contributed by atoms with van der Waals surface area (Å²) in [4.78, 5) is 14.7. The molecule has 3 heteroatoms. The number of aromatic nitrogens is 2. The van der Waals surface area contributed by atoms with Crippen LogP contribution in [0, 0.1) is 0 Å². The second kappa shape index (κ2) is 4.95. The monoisotopic (exact) mass is 228 g/mol. The van der Waals surface area contributed by atoms with E-state index in [0.717, 1.165) is 6.29 Å². The molecule has 0 N–H and O–H groups in total. The molecule has 0 aliphatic rings. The van der Waals surface area contributed by atoms with E-state index >= 15 is 0 Å². The van der Waals surface area contributed by atoms with E-state index in [1.165, 1.54) is 11.1 Å². The third-order valence-electron chi connectivity index (χ3n) is 2.85. The van der Waals surface area contributed by atoms with E-state index in [2.05, 4.69) is 43.1 Å². The zero-order valence-electron chi connectivity index (χ0n) is 10.1. The maximum atomic E-state index is 10.7. The topological polar surface area (TPSA) is 34.9 Å². The normalized spacial score (nSPS) is 10.8. The van der Waals surface area contributed by atoms with Gasteiger partial charge >= 0.3 is 0 Å². The average Bonchev–Trinajstić information content (AvgIpc) is 2.77. The summed E-state index contributed by atoms with van der Waals surface area (Å²) >= 11 is 0. The first-order valence-electron chi connectivity index (χ1n) is 5.76. The SMILES string of the molecule is CC(C)c1ccc(Cn2ccnc2C=O)cc1. The van der Waals surface area contributed by atoms with Gasteiger partial charge in [0.2, 0.25) is 0 Å². The van der Waals surface area contributed by atoms with Crippen LogP contribution >= 0.6 is 0 Å². The molecule has 0 atom stereocenters. The molecule has 1 heterocycles. The summed E-state index contributed by atoms with van der Waals surface area (Å²) in [7, 11) is 0. The van der Waals surface area contributed by atoms with Gasteiger partial charge in [-0.15, -0.1) is 0 Å². The molecule has 0 radical (unpaired) electrons. The van der Waals surface area contributed by atoms with Crippen molar-refractivity contribution in [1.82, 2.24) is 9.55 Å². The predicted molar refractivity (Wildman–Crippen MR) is 67.2 cm³/mol. The van der Waals surface area contributed by atoms with E-state index in [9.17, 15) is 4.79 Å². The Balaban J connectivity index is 2.16. The fourth-order valence-electron chi connectivity index (χ4n) is 1.78. The van der Waals surface area contributed by atoms with E-state index in [-0.39, 0.29) is 0 Å². The van der Waals surface area contributed by atoms with Crippen molar-refractivity contribution < 1.29 is 4.79 Å². The first kappa shape index (κ1) is 11.6. The van der Waals surface area contributed by atoms with Gasteiger partial charge in [0.25, 0.3) is 0 Å². The summed E-state index contributed by atoms with van der Waals surface area (Å²) < 4.78 is 1.84. The smallest absolute Gasteiger partial charge is 0.185 e. The third kappa shape index (κ3) is 2.61. The number of benzene rings is 1. The minimum absolute atomic E-state index is 0.470. The highest BCUT2D eigenvalue weighted by Gasteiger charge is 2.03. The van der Waals surface area contributed by atoms with Crippen LogP contribution in [0.25, 0.3) is 0 Å². The van der Waals surface area contributed by atoms with Crippen LogP contribution in [-0.2, 0) is 6.54 Å². The van der Waals surface area contributed by atoms with Gasteiger partial charge in [0.15, 0.2) is 12.1 Å². The molecule has 1 aromatic heterocycles. The van der Waals surface area contributed by atoms with Gasteiger partial charge in [-0.3, -0.25) is 4.79 Å². The van der Waals surface area contributed by atoms with Crippen LogP contribution < -0.4 is 0 Å². The van der Waals surface area contributed by atoms with Gasteiger partial charge in [-0.2, -0.15) is 0 Å². The number of rotatable bonds is 4. The number of nitrogens with zero attached hydrogens (tertiary/aromatic N) is 2. The molecule has 88 valence electrons. The Morgan fingerprint density at radius 3 is 2.59 bits per heavy atom. The number of hydrogen-bond donors (Lipinski definition) is 0. The molecule has 2 rings (SSSR count). The number of carbonyl (C=O) groups is 1. The average molecular weight is 228 g/mol. The molecule has 0 saturated carbocycles. The van der Waals surface area contributed by atoms with E-state index in [1.807, 2.05) is 10.8 Å². The number of imidazole rings is 1. The molecule has 1 aromatic carbocycles. The molecular weight excluding hydrogens is 212 g/mol. The maximum Gasteiger partial charge on any atom is 0.185 e. The molecule has 0 unspecified atom stereocenters. The Hall–Kier alpha value is -1.90. The van der Waals surface area contributed by atoms with Crippen LogP contribution in [0.1, 0.15) is 41.5 Å². The first-order valence-corrected chi connectivity index (χ1v) is 5.76. The van der Waals surface area contributed by atoms with Gasteiger partial charge in [-0.1, -0.05) is 38.1 Å². The molecule has 0 saturated heterocycles. The standard InChI is InChI=1S/C14H16N2O/c1-11(2)13-5-3-12(4-6-13)9-16-8-7-15-14(16)10-17/h3-8,10-11H,9H2,1-2H3. The molecule has 0 fully saturated rings. The van der Waals surface area contributed by atoms with Gasteiger partial charge in [0.1, 0.15) is 0 Å². The van der Waals surface area contributed by atoms with E-state index in [1.54, 1.807) is 6.20 Å². The van der Waals surface area contributed by atoms with Crippen LogP contribution in [0.15, 0.2) is 36.7 Å². The van der Waals surface area contributed by atoms with E-state index in [4.69, 9.17) is 0 Å². The minimum atomic E-state index is 0.470. The zero-order chi connectivity index (χ0) is 12.3. The highest BCUT2D eigenvalue weighted by molar-refractivity contribution is 5.69. The van der Waals surface area contributed by atoms with Crippen molar-refractivity contribution in [1.29, 1.82) is 0 Å². The Morgan fingerprint density at radius 1 is 1.29 bits per heavy atom. The summed E-state index contributed by atoms with van der Waals surface area (Å²) in [6.45, 7) is 5.04. The van der Waals surface area contributed by atoms with Crippen LogP contribution in [-0.4, -0.2) is 15.8 Å². The summed E-state index contributed by atoms with van der Waals surface area (Å²) in [5.41, 5.74) is 2.51. The summed E-state index contributed by atoms with van der Waals surface area (Å²) in [6, 6.07) is 8.48. The summed E-state index contributed by atoms with van der Waals surface area (Å²) in [5, 5.41) is 0. The lowest BCUT2D eigenvalue weighted by Crippen LogP contribution is -2.03. The number of aldehydes is 1. The van der Waals surface area contributed by atoms with Crippen molar-refractivity contribution >= 4 is 6.29 Å². The van der Waals surface area contributed by atoms with Crippen molar-refractivity contribution in [3.05, 3.63) is 53.6 Å². The summed E-state index contributed by atoms with van der Waals surface area (Å²) in [6.07, 6.45) is 4.24. The largest absolute Gasteiger partial charge is 0.324 e. The molecule has 2 aromatic rings. The molecular formula is C14H16N2O. The number of hydrogen-bond acceptors (Lipinski definition) is 2. The van der Waals surface area contributed by atoms with Crippen LogP contribution in [0.4, 0.5) is 0 Å². The molecule has 0 amide bonds. The van der Waals surface area contributed by atoms with Crippen molar-refractivity contribution in [3.63, 3.8) is 0 Å². The number of carbonyl (C=O) groups excluding carboxylic acids is 1. The Bertz CT molecular complexity index is 497. The minimum Gasteiger partial charge on any atom is -0.324 e. The fourth-order valence-corrected chi connectivity index (χ4v) is 1.78. The second-order valence-corrected chi connectivity index (χ2v) is 4.43. The van der Waals surface area contributed by atoms with Gasteiger partial charge in [-0.05, 0) is 17.0 Å². The molecule has 0 aliphatic carbocycles. The van der Waals surface area contributed by atoms with Crippen LogP contribution in [0.3, 0.4) is 0 Å².